The molecule has 0 saturated carbocycles. The third-order valence-electron chi connectivity index (χ3n) is 4.00. The van der Waals surface area contributed by atoms with E-state index in [-0.39, 0.29) is 10.5 Å². The second-order valence-corrected chi connectivity index (χ2v) is 8.11. The van der Waals surface area contributed by atoms with Crippen LogP contribution in [-0.4, -0.2) is 21.5 Å². The molecule has 0 amide bonds. The van der Waals surface area contributed by atoms with E-state index in [4.69, 9.17) is 0 Å². The number of hydrogen-bond donors (Lipinski definition) is 1. The first kappa shape index (κ1) is 17.0. The molecule has 2 aromatic carbocycles. The van der Waals surface area contributed by atoms with Crippen molar-refractivity contribution in [3.63, 3.8) is 0 Å². The molecule has 0 radical (unpaired) electrons. The Morgan fingerprint density at radius 3 is 2.62 bits per heavy atom. The molecule has 3 rings (SSSR count). The smallest absolute Gasteiger partial charge is 0.339 e. The number of hydrogen-bond acceptors (Lipinski definition) is 4. The summed E-state index contributed by atoms with van der Waals surface area (Å²) >= 11 is 3.22. The maximum atomic E-state index is 12.6. The molecule has 0 spiro atoms. The average molecular weight is 410 g/mol. The molecule has 5 nitrogen and oxygen atoms in total. The van der Waals surface area contributed by atoms with Gasteiger partial charge >= 0.3 is 5.97 Å². The van der Waals surface area contributed by atoms with Crippen molar-refractivity contribution in [2.24, 2.45) is 0 Å². The molecule has 0 saturated heterocycles. The number of nitrogens with one attached hydrogen (secondary N) is 1. The van der Waals surface area contributed by atoms with E-state index in [1.165, 1.54) is 36.4 Å². The van der Waals surface area contributed by atoms with Crippen molar-refractivity contribution in [2.45, 2.75) is 24.2 Å². The molecule has 0 atom stereocenters. The molecule has 2 aromatic rings. The summed E-state index contributed by atoms with van der Waals surface area (Å²) in [7, 11) is -2.54. The minimum absolute atomic E-state index is 0.00611. The maximum absolute atomic E-state index is 12.6. The minimum Gasteiger partial charge on any atom is -0.465 e. The Balaban J connectivity index is 1.92. The van der Waals surface area contributed by atoms with Gasteiger partial charge in [-0.3, -0.25) is 4.72 Å². The van der Waals surface area contributed by atoms with Crippen LogP contribution in [0.2, 0.25) is 0 Å². The summed E-state index contributed by atoms with van der Waals surface area (Å²) in [6.07, 6.45) is 3.11. The van der Waals surface area contributed by atoms with E-state index in [9.17, 15) is 13.2 Å². The lowest BCUT2D eigenvalue weighted by atomic mass is 10.1. The fourth-order valence-electron chi connectivity index (χ4n) is 2.79. The van der Waals surface area contributed by atoms with E-state index in [0.29, 0.717) is 10.2 Å². The monoisotopic (exact) mass is 409 g/mol. The van der Waals surface area contributed by atoms with Crippen molar-refractivity contribution >= 4 is 37.6 Å². The number of rotatable bonds is 4. The molecular weight excluding hydrogens is 394 g/mol. The van der Waals surface area contributed by atoms with Crippen LogP contribution in [0, 0.1) is 0 Å². The predicted molar refractivity (Wildman–Crippen MR) is 94.8 cm³/mol. The zero-order chi connectivity index (χ0) is 17.3. The molecular formula is C17H16BrNO4S. The Kier molecular flexibility index (Phi) is 4.64. The number of fused-ring (bicyclic) bond motifs is 1. The van der Waals surface area contributed by atoms with Crippen LogP contribution in [0.15, 0.2) is 45.8 Å². The van der Waals surface area contributed by atoms with Crippen LogP contribution in [0.4, 0.5) is 5.69 Å². The molecule has 1 aliphatic carbocycles. The van der Waals surface area contributed by atoms with Crippen LogP contribution in [0.1, 0.15) is 27.9 Å². The van der Waals surface area contributed by atoms with Crippen LogP contribution < -0.4 is 4.72 Å². The maximum Gasteiger partial charge on any atom is 0.339 e. The van der Waals surface area contributed by atoms with E-state index in [1.807, 2.05) is 12.1 Å². The SMILES string of the molecule is COC(=O)c1cc(S(=O)(=O)Nc2ccc3c(c2)CCC3)ccc1Br. The zero-order valence-corrected chi connectivity index (χ0v) is 15.4. The molecule has 24 heavy (non-hydrogen) atoms. The fraction of sp³-hybridized carbons (Fsp3) is 0.235. The van der Waals surface area contributed by atoms with Gasteiger partial charge in [0, 0.05) is 10.2 Å². The number of anilines is 1. The lowest BCUT2D eigenvalue weighted by Gasteiger charge is -2.11. The molecule has 0 bridgehead atoms. The number of ether oxygens (including phenoxy) is 1. The van der Waals surface area contributed by atoms with Gasteiger partial charge in [-0.1, -0.05) is 6.07 Å². The molecule has 7 heteroatoms. The van der Waals surface area contributed by atoms with Crippen LogP contribution in [0.3, 0.4) is 0 Å². The van der Waals surface area contributed by atoms with Crippen LogP contribution in [0.25, 0.3) is 0 Å². The largest absolute Gasteiger partial charge is 0.465 e. The highest BCUT2D eigenvalue weighted by Gasteiger charge is 2.20. The van der Waals surface area contributed by atoms with Gasteiger partial charge in [-0.05, 0) is 76.7 Å². The first-order chi connectivity index (χ1) is 11.4. The molecule has 0 unspecified atom stereocenters. The molecule has 1 N–H and O–H groups in total. The normalized spacial score (nSPS) is 13.4. The first-order valence-electron chi connectivity index (χ1n) is 7.43. The van der Waals surface area contributed by atoms with E-state index < -0.39 is 16.0 Å². The number of benzene rings is 2. The molecule has 0 aromatic heterocycles. The first-order valence-corrected chi connectivity index (χ1v) is 9.71. The fourth-order valence-corrected chi connectivity index (χ4v) is 4.27. The van der Waals surface area contributed by atoms with Gasteiger partial charge in [0.2, 0.25) is 0 Å². The van der Waals surface area contributed by atoms with Gasteiger partial charge in [-0.15, -0.1) is 0 Å². The van der Waals surface area contributed by atoms with Crippen molar-refractivity contribution in [1.82, 2.24) is 0 Å². The van der Waals surface area contributed by atoms with Gasteiger partial charge in [0.25, 0.3) is 10.0 Å². The van der Waals surface area contributed by atoms with Crippen LogP contribution in [0.5, 0.6) is 0 Å². The van der Waals surface area contributed by atoms with Gasteiger partial charge in [-0.2, -0.15) is 0 Å². The van der Waals surface area contributed by atoms with Crippen molar-refractivity contribution < 1.29 is 17.9 Å². The number of sulfonamides is 1. The molecule has 126 valence electrons. The highest BCUT2D eigenvalue weighted by Crippen LogP contribution is 2.27. The van der Waals surface area contributed by atoms with Crippen molar-refractivity contribution in [3.8, 4) is 0 Å². The van der Waals surface area contributed by atoms with Crippen molar-refractivity contribution in [2.75, 3.05) is 11.8 Å². The van der Waals surface area contributed by atoms with E-state index in [0.717, 1.165) is 19.3 Å². The summed E-state index contributed by atoms with van der Waals surface area (Å²) < 4.78 is 32.9. The summed E-state index contributed by atoms with van der Waals surface area (Å²) in [4.78, 5) is 11.7. The predicted octanol–water partition coefficient (Wildman–Crippen LogP) is 3.53. The zero-order valence-electron chi connectivity index (χ0n) is 13.0. The Labute approximate surface area is 149 Å². The standard InChI is InChI=1S/C17H16BrNO4S/c1-23-17(20)15-10-14(7-8-16(15)18)24(21,22)19-13-6-5-11-3-2-4-12(11)9-13/h5-10,19H,2-4H2,1H3. The molecule has 1 aliphatic rings. The average Bonchev–Trinajstić information content (AvgIpc) is 3.01. The van der Waals surface area contributed by atoms with E-state index >= 15 is 0 Å². The summed E-state index contributed by atoms with van der Waals surface area (Å²) in [5, 5.41) is 0. The minimum atomic E-state index is -3.79. The Morgan fingerprint density at radius 2 is 1.88 bits per heavy atom. The number of aryl methyl sites for hydroxylation is 2. The van der Waals surface area contributed by atoms with Gasteiger partial charge < -0.3 is 4.74 Å². The number of carbonyl (C=O) groups is 1. The number of halogens is 1. The highest BCUT2D eigenvalue weighted by molar-refractivity contribution is 9.10. The molecule has 0 heterocycles. The lowest BCUT2D eigenvalue weighted by Crippen LogP contribution is -2.14. The van der Waals surface area contributed by atoms with E-state index in [1.54, 1.807) is 6.07 Å². The Morgan fingerprint density at radius 1 is 1.12 bits per heavy atom. The summed E-state index contributed by atoms with van der Waals surface area (Å²) in [6, 6.07) is 9.85. The Hall–Kier alpha value is -1.86. The number of methoxy groups -OCH3 is 1. The van der Waals surface area contributed by atoms with Gasteiger partial charge in [0.05, 0.1) is 17.6 Å². The molecule has 0 fully saturated rings. The second kappa shape index (κ2) is 6.57. The van der Waals surface area contributed by atoms with Crippen LogP contribution in [-0.2, 0) is 27.6 Å². The lowest BCUT2D eigenvalue weighted by molar-refractivity contribution is 0.0599. The van der Waals surface area contributed by atoms with Gasteiger partial charge in [0.1, 0.15) is 0 Å². The van der Waals surface area contributed by atoms with Crippen molar-refractivity contribution in [3.05, 3.63) is 57.6 Å². The van der Waals surface area contributed by atoms with Gasteiger partial charge in [0.15, 0.2) is 0 Å². The van der Waals surface area contributed by atoms with Crippen LogP contribution >= 0.6 is 15.9 Å². The summed E-state index contributed by atoms with van der Waals surface area (Å²) in [5.41, 5.74) is 3.14. The quantitative estimate of drug-likeness (QED) is 0.783. The summed E-state index contributed by atoms with van der Waals surface area (Å²) in [5.74, 6) is -0.601. The second-order valence-electron chi connectivity index (χ2n) is 5.58. The third kappa shape index (κ3) is 3.32. The number of carbonyl (C=O) groups excluding carboxylic acids is 1. The number of esters is 1. The van der Waals surface area contributed by atoms with E-state index in [2.05, 4.69) is 25.4 Å². The third-order valence-corrected chi connectivity index (χ3v) is 6.07. The highest BCUT2D eigenvalue weighted by atomic mass is 79.9. The Bertz CT molecular complexity index is 909. The summed E-state index contributed by atoms with van der Waals surface area (Å²) in [6.45, 7) is 0. The topological polar surface area (TPSA) is 72.5 Å². The van der Waals surface area contributed by atoms with Crippen molar-refractivity contribution in [1.29, 1.82) is 0 Å². The van der Waals surface area contributed by atoms with Gasteiger partial charge in [-0.25, -0.2) is 13.2 Å². The molecule has 0 aliphatic heterocycles.